The van der Waals surface area contributed by atoms with Gasteiger partial charge in [-0.2, -0.15) is 0 Å². The molecule has 0 spiro atoms. The van der Waals surface area contributed by atoms with Crippen LogP contribution in [-0.2, 0) is 11.2 Å². The predicted octanol–water partition coefficient (Wildman–Crippen LogP) is 0.962. The maximum atomic E-state index is 10.0. The van der Waals surface area contributed by atoms with Crippen molar-refractivity contribution in [2.45, 2.75) is 25.5 Å². The molecule has 0 amide bonds. The van der Waals surface area contributed by atoms with E-state index in [2.05, 4.69) is 34.7 Å². The number of β-amino-alcohol motifs (C(OH)–C–C–N with tert-alkyl or cyclic N) is 1. The molecule has 5 heteroatoms. The molecule has 1 saturated heterocycles. The summed E-state index contributed by atoms with van der Waals surface area (Å²) in [6.07, 6.45) is 0.728. The molecule has 2 rings (SSSR count). The van der Waals surface area contributed by atoms with E-state index in [-0.39, 0.29) is 6.10 Å². The molecule has 108 valence electrons. The summed E-state index contributed by atoms with van der Waals surface area (Å²) in [5.41, 5.74) is 0. The Morgan fingerprint density at radius 1 is 1.47 bits per heavy atom. The molecule has 2 N–H and O–H groups in total. The van der Waals surface area contributed by atoms with E-state index in [1.807, 2.05) is 0 Å². The van der Waals surface area contributed by atoms with Gasteiger partial charge in [0.05, 0.1) is 19.3 Å². The lowest BCUT2D eigenvalue weighted by atomic mass is 10.2. The van der Waals surface area contributed by atoms with Gasteiger partial charge >= 0.3 is 0 Å². The minimum Gasteiger partial charge on any atom is -0.390 e. The molecule has 0 aromatic carbocycles. The van der Waals surface area contributed by atoms with E-state index in [0.717, 1.165) is 39.3 Å². The molecule has 0 saturated carbocycles. The number of aliphatic hydroxyl groups excluding tert-OH is 1. The van der Waals surface area contributed by atoms with Crippen molar-refractivity contribution in [2.24, 2.45) is 0 Å². The van der Waals surface area contributed by atoms with E-state index < -0.39 is 0 Å². The summed E-state index contributed by atoms with van der Waals surface area (Å²) in [7, 11) is 0. The molecule has 0 bridgehead atoms. The van der Waals surface area contributed by atoms with E-state index in [0.29, 0.717) is 12.6 Å². The summed E-state index contributed by atoms with van der Waals surface area (Å²) in [6.45, 7) is 7.00. The summed E-state index contributed by atoms with van der Waals surface area (Å²) < 4.78 is 5.30. The van der Waals surface area contributed by atoms with Gasteiger partial charge in [-0.3, -0.25) is 4.90 Å². The molecule has 1 aliphatic rings. The largest absolute Gasteiger partial charge is 0.390 e. The van der Waals surface area contributed by atoms with Crippen LogP contribution in [0.4, 0.5) is 0 Å². The highest BCUT2D eigenvalue weighted by molar-refractivity contribution is 7.09. The van der Waals surface area contributed by atoms with Crippen LogP contribution in [0.2, 0.25) is 0 Å². The minimum absolute atomic E-state index is 0.302. The first kappa shape index (κ1) is 14.9. The van der Waals surface area contributed by atoms with Crippen molar-refractivity contribution in [3.63, 3.8) is 0 Å². The second kappa shape index (κ2) is 7.97. The fourth-order valence-electron chi connectivity index (χ4n) is 2.29. The van der Waals surface area contributed by atoms with Crippen molar-refractivity contribution in [1.82, 2.24) is 10.2 Å². The van der Waals surface area contributed by atoms with Crippen molar-refractivity contribution in [2.75, 3.05) is 39.4 Å². The normalized spacial score (nSPS) is 20.3. The van der Waals surface area contributed by atoms with Crippen molar-refractivity contribution in [3.8, 4) is 0 Å². The number of nitrogens with zero attached hydrogens (tertiary/aromatic N) is 1. The Morgan fingerprint density at radius 2 is 2.26 bits per heavy atom. The van der Waals surface area contributed by atoms with E-state index >= 15 is 0 Å². The molecular formula is C14H24N2O2S. The fraction of sp³-hybridized carbons (Fsp3) is 0.714. The third kappa shape index (κ3) is 5.58. The van der Waals surface area contributed by atoms with Crippen LogP contribution < -0.4 is 5.32 Å². The van der Waals surface area contributed by atoms with Gasteiger partial charge < -0.3 is 15.2 Å². The Labute approximate surface area is 119 Å². The van der Waals surface area contributed by atoms with Gasteiger partial charge in [0.15, 0.2) is 0 Å². The number of hydrogen-bond donors (Lipinski definition) is 2. The van der Waals surface area contributed by atoms with Crippen LogP contribution in [-0.4, -0.2) is 61.5 Å². The van der Waals surface area contributed by atoms with Gasteiger partial charge in [0.2, 0.25) is 0 Å². The molecule has 2 unspecified atom stereocenters. The molecule has 1 aromatic rings. The van der Waals surface area contributed by atoms with Gasteiger partial charge in [0.1, 0.15) is 0 Å². The van der Waals surface area contributed by atoms with Gasteiger partial charge in [0, 0.05) is 37.1 Å². The molecule has 2 heterocycles. The molecule has 0 aliphatic carbocycles. The molecule has 0 radical (unpaired) electrons. The minimum atomic E-state index is -0.302. The SMILES string of the molecule is CC(Cc1cccs1)NCC(O)CN1CCOCC1. The summed E-state index contributed by atoms with van der Waals surface area (Å²) >= 11 is 1.79. The predicted molar refractivity (Wildman–Crippen MR) is 78.8 cm³/mol. The third-order valence-electron chi connectivity index (χ3n) is 3.36. The highest BCUT2D eigenvalue weighted by Crippen LogP contribution is 2.10. The Kier molecular flexibility index (Phi) is 6.26. The van der Waals surface area contributed by atoms with Gasteiger partial charge in [-0.1, -0.05) is 6.07 Å². The fourth-order valence-corrected chi connectivity index (χ4v) is 3.12. The van der Waals surface area contributed by atoms with Crippen LogP contribution in [0.1, 0.15) is 11.8 Å². The second-order valence-corrected chi connectivity index (χ2v) is 6.19. The lowest BCUT2D eigenvalue weighted by Gasteiger charge is -2.29. The maximum Gasteiger partial charge on any atom is 0.0791 e. The standard InChI is InChI=1S/C14H24N2O2S/c1-12(9-14-3-2-8-19-14)15-10-13(17)11-16-4-6-18-7-5-16/h2-3,8,12-13,15,17H,4-7,9-11H2,1H3. The van der Waals surface area contributed by atoms with E-state index in [9.17, 15) is 5.11 Å². The Hall–Kier alpha value is -0.460. The van der Waals surface area contributed by atoms with E-state index in [1.165, 1.54) is 4.88 Å². The van der Waals surface area contributed by atoms with Crippen molar-refractivity contribution < 1.29 is 9.84 Å². The van der Waals surface area contributed by atoms with Crippen molar-refractivity contribution in [3.05, 3.63) is 22.4 Å². The molecule has 1 aromatic heterocycles. The zero-order chi connectivity index (χ0) is 13.5. The van der Waals surface area contributed by atoms with Crippen LogP contribution >= 0.6 is 11.3 Å². The Bertz CT molecular complexity index is 339. The number of morpholine rings is 1. The number of hydrogen-bond acceptors (Lipinski definition) is 5. The molecule has 2 atom stereocenters. The maximum absolute atomic E-state index is 10.0. The van der Waals surface area contributed by atoms with Crippen molar-refractivity contribution >= 4 is 11.3 Å². The van der Waals surface area contributed by atoms with Gasteiger partial charge in [-0.15, -0.1) is 11.3 Å². The first-order valence-electron chi connectivity index (χ1n) is 6.98. The summed E-state index contributed by atoms with van der Waals surface area (Å²) in [5, 5.41) is 15.5. The number of ether oxygens (including phenoxy) is 1. The second-order valence-electron chi connectivity index (χ2n) is 5.16. The Morgan fingerprint density at radius 3 is 2.95 bits per heavy atom. The van der Waals surface area contributed by atoms with Gasteiger partial charge in [-0.25, -0.2) is 0 Å². The summed E-state index contributed by atoms with van der Waals surface area (Å²) in [5.74, 6) is 0. The van der Waals surface area contributed by atoms with Crippen LogP contribution in [0.3, 0.4) is 0 Å². The highest BCUT2D eigenvalue weighted by Gasteiger charge is 2.15. The van der Waals surface area contributed by atoms with Crippen molar-refractivity contribution in [1.29, 1.82) is 0 Å². The van der Waals surface area contributed by atoms with E-state index in [1.54, 1.807) is 11.3 Å². The van der Waals surface area contributed by atoms with Crippen LogP contribution in [0.5, 0.6) is 0 Å². The number of aliphatic hydroxyl groups is 1. The van der Waals surface area contributed by atoms with Crippen LogP contribution in [0.15, 0.2) is 17.5 Å². The van der Waals surface area contributed by atoms with E-state index in [4.69, 9.17) is 4.74 Å². The molecule has 1 aliphatic heterocycles. The molecule has 19 heavy (non-hydrogen) atoms. The molecular weight excluding hydrogens is 260 g/mol. The third-order valence-corrected chi connectivity index (χ3v) is 4.26. The average molecular weight is 284 g/mol. The zero-order valence-electron chi connectivity index (χ0n) is 11.5. The number of nitrogens with one attached hydrogen (secondary N) is 1. The average Bonchev–Trinajstić information content (AvgIpc) is 2.90. The lowest BCUT2D eigenvalue weighted by Crippen LogP contribution is -2.45. The quantitative estimate of drug-likeness (QED) is 0.783. The van der Waals surface area contributed by atoms with Gasteiger partial charge in [-0.05, 0) is 24.8 Å². The summed E-state index contributed by atoms with van der Waals surface area (Å²) in [4.78, 5) is 3.66. The number of rotatable bonds is 7. The monoisotopic (exact) mass is 284 g/mol. The lowest BCUT2D eigenvalue weighted by molar-refractivity contribution is 0.0145. The highest BCUT2D eigenvalue weighted by atomic mass is 32.1. The number of thiophene rings is 1. The van der Waals surface area contributed by atoms with Crippen LogP contribution in [0, 0.1) is 0 Å². The molecule has 1 fully saturated rings. The summed E-state index contributed by atoms with van der Waals surface area (Å²) in [6, 6.07) is 4.64. The first-order valence-corrected chi connectivity index (χ1v) is 7.86. The van der Waals surface area contributed by atoms with Crippen LogP contribution in [0.25, 0.3) is 0 Å². The Balaban J connectivity index is 1.61. The zero-order valence-corrected chi connectivity index (χ0v) is 12.4. The topological polar surface area (TPSA) is 44.7 Å². The first-order chi connectivity index (χ1) is 9.24. The smallest absolute Gasteiger partial charge is 0.0791 e. The van der Waals surface area contributed by atoms with Gasteiger partial charge in [0.25, 0.3) is 0 Å². The molecule has 4 nitrogen and oxygen atoms in total.